The molecular formula is C53H35IrN3O-2. The number of hydrogen-bond acceptors (Lipinski definition) is 3. The average Bonchev–Trinajstić information content (AvgIpc) is 3.85. The second kappa shape index (κ2) is 15.9. The van der Waals surface area contributed by atoms with Crippen molar-refractivity contribution in [3.8, 4) is 56.0 Å². The third-order valence-electron chi connectivity index (χ3n) is 10.6. The number of nitrogens with zero attached hydrogens (tertiary/aromatic N) is 3. The molecule has 0 bridgehead atoms. The molecule has 0 atom stereocenters. The molecule has 0 saturated heterocycles. The Labute approximate surface area is 350 Å². The summed E-state index contributed by atoms with van der Waals surface area (Å²) in [6.07, 6.45) is 1.86. The van der Waals surface area contributed by atoms with Gasteiger partial charge < -0.3 is 14.0 Å². The van der Waals surface area contributed by atoms with E-state index in [0.29, 0.717) is 0 Å². The van der Waals surface area contributed by atoms with Gasteiger partial charge >= 0.3 is 0 Å². The van der Waals surface area contributed by atoms with Crippen LogP contribution < -0.4 is 0 Å². The van der Waals surface area contributed by atoms with E-state index >= 15 is 0 Å². The van der Waals surface area contributed by atoms with E-state index in [1.54, 1.807) is 0 Å². The first-order valence-corrected chi connectivity index (χ1v) is 19.0. The minimum atomic E-state index is 0. The molecule has 0 aliphatic rings. The molecule has 11 rings (SSSR count). The van der Waals surface area contributed by atoms with Crippen LogP contribution in [0.4, 0.5) is 0 Å². The number of aryl methyl sites for hydroxylation is 1. The molecule has 1 radical (unpaired) electrons. The molecule has 0 fully saturated rings. The predicted octanol–water partition coefficient (Wildman–Crippen LogP) is 13.6. The summed E-state index contributed by atoms with van der Waals surface area (Å²) in [6.45, 7) is 0. The minimum Gasteiger partial charge on any atom is -0.500 e. The number of imidazole rings is 1. The van der Waals surface area contributed by atoms with Gasteiger partial charge in [0.1, 0.15) is 5.58 Å². The molecule has 0 aliphatic carbocycles. The summed E-state index contributed by atoms with van der Waals surface area (Å²) in [6, 6.07) is 71.4. The summed E-state index contributed by atoms with van der Waals surface area (Å²) in [7, 11) is 2.04. The maximum atomic E-state index is 6.42. The number of fused-ring (bicyclic) bond motifs is 6. The monoisotopic (exact) mass is 922 g/mol. The van der Waals surface area contributed by atoms with Crippen LogP contribution in [0, 0.1) is 12.1 Å². The minimum absolute atomic E-state index is 0. The van der Waals surface area contributed by atoms with E-state index in [1.807, 2.05) is 73.9 Å². The molecule has 5 heteroatoms. The Morgan fingerprint density at radius 3 is 1.86 bits per heavy atom. The van der Waals surface area contributed by atoms with Gasteiger partial charge in [-0.1, -0.05) is 144 Å². The molecule has 58 heavy (non-hydrogen) atoms. The molecule has 0 spiro atoms. The van der Waals surface area contributed by atoms with E-state index in [-0.39, 0.29) is 20.1 Å². The van der Waals surface area contributed by atoms with E-state index in [1.165, 1.54) is 33.2 Å². The zero-order valence-electron chi connectivity index (χ0n) is 31.6. The van der Waals surface area contributed by atoms with E-state index in [0.717, 1.165) is 66.6 Å². The summed E-state index contributed by atoms with van der Waals surface area (Å²) in [5.41, 5.74) is 13.9. The Morgan fingerprint density at radius 2 is 1.14 bits per heavy atom. The Morgan fingerprint density at radius 1 is 0.500 bits per heavy atom. The van der Waals surface area contributed by atoms with Crippen molar-refractivity contribution in [2.24, 2.45) is 7.05 Å². The van der Waals surface area contributed by atoms with Crippen molar-refractivity contribution in [1.29, 1.82) is 0 Å². The Kier molecular flexibility index (Phi) is 10.1. The molecular weight excluding hydrogens is 887 g/mol. The van der Waals surface area contributed by atoms with Crippen LogP contribution in [0.1, 0.15) is 0 Å². The van der Waals surface area contributed by atoms with Crippen LogP contribution in [0.3, 0.4) is 0 Å². The van der Waals surface area contributed by atoms with E-state index in [2.05, 4.69) is 149 Å². The van der Waals surface area contributed by atoms with Crippen molar-refractivity contribution >= 4 is 43.7 Å². The van der Waals surface area contributed by atoms with Gasteiger partial charge in [0.05, 0.1) is 22.4 Å². The van der Waals surface area contributed by atoms with Gasteiger partial charge in [-0.2, -0.15) is 0 Å². The fraction of sp³-hybridized carbons (Fsp3) is 0.0189. The summed E-state index contributed by atoms with van der Waals surface area (Å²) < 4.78 is 8.52. The van der Waals surface area contributed by atoms with Crippen LogP contribution in [0.15, 0.2) is 199 Å². The van der Waals surface area contributed by atoms with Crippen molar-refractivity contribution in [2.75, 3.05) is 0 Å². The van der Waals surface area contributed by atoms with Gasteiger partial charge in [0.2, 0.25) is 0 Å². The smallest absolute Gasteiger partial charge is 0.128 e. The zero-order chi connectivity index (χ0) is 38.1. The normalized spacial score (nSPS) is 11.1. The second-order valence-corrected chi connectivity index (χ2v) is 14.1. The van der Waals surface area contributed by atoms with Crippen LogP contribution in [0.2, 0.25) is 0 Å². The largest absolute Gasteiger partial charge is 0.500 e. The SMILES string of the molecule is Cn1c(-c2[c-]ccc3c2oc2c4ccccc4ccc32)nc2ccccc21.[Ir].[c-]1ccccc1-c1cc(-c2ccc(-c3ccc(-c4ccccc4)cc3)cc2)ccn1. The molecule has 3 heterocycles. The molecule has 0 saturated carbocycles. The zero-order valence-corrected chi connectivity index (χ0v) is 34.0. The van der Waals surface area contributed by atoms with Crippen LogP contribution in [0.25, 0.3) is 99.8 Å². The van der Waals surface area contributed by atoms with Gasteiger partial charge in [-0.3, -0.25) is 4.98 Å². The molecule has 0 aliphatic heterocycles. The topological polar surface area (TPSA) is 43.9 Å². The van der Waals surface area contributed by atoms with Crippen molar-refractivity contribution < 1.29 is 24.5 Å². The third kappa shape index (κ3) is 6.92. The van der Waals surface area contributed by atoms with Crippen LogP contribution in [-0.2, 0) is 27.2 Å². The first-order chi connectivity index (χ1) is 28.2. The first kappa shape index (κ1) is 36.7. The van der Waals surface area contributed by atoms with Gasteiger partial charge in [-0.05, 0) is 62.7 Å². The fourth-order valence-corrected chi connectivity index (χ4v) is 7.66. The van der Waals surface area contributed by atoms with Crippen LogP contribution >= 0.6 is 0 Å². The molecule has 279 valence electrons. The summed E-state index contributed by atoms with van der Waals surface area (Å²) >= 11 is 0. The molecule has 0 unspecified atom stereocenters. The average molecular weight is 922 g/mol. The third-order valence-corrected chi connectivity index (χ3v) is 10.6. The quantitative estimate of drug-likeness (QED) is 0.162. The van der Waals surface area contributed by atoms with Crippen LogP contribution in [0.5, 0.6) is 0 Å². The number of aromatic nitrogens is 3. The van der Waals surface area contributed by atoms with Crippen molar-refractivity contribution in [2.45, 2.75) is 0 Å². The summed E-state index contributed by atoms with van der Waals surface area (Å²) in [5.74, 6) is 0.866. The maximum Gasteiger partial charge on any atom is 0.128 e. The van der Waals surface area contributed by atoms with Crippen molar-refractivity contribution in [3.05, 3.63) is 206 Å². The number of para-hydroxylation sites is 2. The maximum absolute atomic E-state index is 6.42. The Bertz CT molecular complexity index is 3170. The van der Waals surface area contributed by atoms with Gasteiger partial charge in [-0.25, -0.2) is 0 Å². The molecule has 11 aromatic rings. The Hall–Kier alpha value is -6.91. The van der Waals surface area contributed by atoms with Gasteiger partial charge in [0.15, 0.2) is 0 Å². The predicted molar refractivity (Wildman–Crippen MR) is 235 cm³/mol. The standard InChI is InChI=1S/C29H20N.C24H15N2O.Ir/c1-3-7-22(8-4-1)23-11-13-24(14-12-23)25-15-17-26(18-16-25)28-19-20-30-29(21-28)27-9-5-2-6-10-27;1-26-21-12-5-4-11-20(21)25-24(26)19-10-6-9-17-18-14-13-15-7-2-3-8-16(15)22(18)27-23(17)19;/h1-9,11-21H;2-9,11-14H,1H3;/q2*-1;. The first-order valence-electron chi connectivity index (χ1n) is 19.0. The molecule has 8 aromatic carbocycles. The van der Waals surface area contributed by atoms with Crippen molar-refractivity contribution in [3.63, 3.8) is 0 Å². The molecule has 4 nitrogen and oxygen atoms in total. The molecule has 0 amide bonds. The van der Waals surface area contributed by atoms with Gasteiger partial charge in [0, 0.05) is 44.1 Å². The number of rotatable bonds is 5. The van der Waals surface area contributed by atoms with Gasteiger partial charge in [0.25, 0.3) is 0 Å². The Balaban J connectivity index is 0.000000148. The van der Waals surface area contributed by atoms with Gasteiger partial charge in [-0.15, -0.1) is 54.1 Å². The molecule has 0 N–H and O–H groups in total. The number of pyridine rings is 1. The van der Waals surface area contributed by atoms with E-state index in [4.69, 9.17) is 9.40 Å². The summed E-state index contributed by atoms with van der Waals surface area (Å²) in [4.78, 5) is 9.34. The second-order valence-electron chi connectivity index (χ2n) is 14.1. The van der Waals surface area contributed by atoms with E-state index < -0.39 is 0 Å². The van der Waals surface area contributed by atoms with Crippen molar-refractivity contribution in [1.82, 2.24) is 14.5 Å². The number of furan rings is 1. The molecule has 3 aromatic heterocycles. The summed E-state index contributed by atoms with van der Waals surface area (Å²) in [5, 5.41) is 4.52. The van der Waals surface area contributed by atoms with E-state index in [9.17, 15) is 0 Å². The number of benzene rings is 8. The fourth-order valence-electron chi connectivity index (χ4n) is 7.66. The van der Waals surface area contributed by atoms with Crippen LogP contribution in [-0.4, -0.2) is 14.5 Å². The number of hydrogen-bond donors (Lipinski definition) is 0.